The molecule has 0 heterocycles. The molecule has 2 aromatic carbocycles. The molecule has 0 atom stereocenters. The summed E-state index contributed by atoms with van der Waals surface area (Å²) in [5.74, 6) is 0.627. The van der Waals surface area contributed by atoms with Crippen LogP contribution in [0.15, 0.2) is 46.9 Å². The molecule has 0 spiro atoms. The Morgan fingerprint density at radius 1 is 1.20 bits per heavy atom. The highest BCUT2D eigenvalue weighted by Gasteiger charge is 2.05. The second kappa shape index (κ2) is 6.92. The molecule has 0 aromatic heterocycles. The highest BCUT2D eigenvalue weighted by atomic mass is 79.9. The summed E-state index contributed by atoms with van der Waals surface area (Å²) in [5.41, 5.74) is 1.69. The average molecular weight is 372 g/mol. The van der Waals surface area contributed by atoms with E-state index in [1.807, 2.05) is 30.3 Å². The number of para-hydroxylation sites is 1. The van der Waals surface area contributed by atoms with Gasteiger partial charge in [-0.2, -0.15) is 0 Å². The fourth-order valence-electron chi connectivity index (χ4n) is 1.59. The van der Waals surface area contributed by atoms with Gasteiger partial charge in [0, 0.05) is 10.2 Å². The van der Waals surface area contributed by atoms with Gasteiger partial charge in [0.1, 0.15) is 5.75 Å². The summed E-state index contributed by atoms with van der Waals surface area (Å²) >= 11 is 14.8. The summed E-state index contributed by atoms with van der Waals surface area (Å²) in [6, 6.07) is 13.1. The molecule has 104 valence electrons. The van der Waals surface area contributed by atoms with Crippen molar-refractivity contribution < 1.29 is 4.74 Å². The maximum atomic E-state index is 6.06. The lowest BCUT2D eigenvalue weighted by Crippen LogP contribution is -2.19. The van der Waals surface area contributed by atoms with Crippen LogP contribution >= 0.6 is 39.7 Å². The predicted octanol–water partition coefficient (Wildman–Crippen LogP) is 4.92. The number of halogens is 2. The van der Waals surface area contributed by atoms with Gasteiger partial charge in [-0.3, -0.25) is 0 Å². The minimum Gasteiger partial charge on any atom is -0.495 e. The molecular formula is C14H12BrClN2OS. The molecule has 0 bridgehead atoms. The number of anilines is 2. The molecule has 2 rings (SSSR count). The number of benzene rings is 2. The SMILES string of the molecule is COc1ccc(NC(=S)Nc2ccccc2Br)cc1Cl. The lowest BCUT2D eigenvalue weighted by Gasteiger charge is -2.12. The van der Waals surface area contributed by atoms with Crippen LogP contribution < -0.4 is 15.4 Å². The van der Waals surface area contributed by atoms with E-state index in [1.165, 1.54) is 0 Å². The molecule has 3 nitrogen and oxygen atoms in total. The van der Waals surface area contributed by atoms with E-state index in [-0.39, 0.29) is 0 Å². The van der Waals surface area contributed by atoms with E-state index in [9.17, 15) is 0 Å². The number of nitrogens with one attached hydrogen (secondary N) is 2. The lowest BCUT2D eigenvalue weighted by molar-refractivity contribution is 0.415. The van der Waals surface area contributed by atoms with Gasteiger partial charge in [0.15, 0.2) is 5.11 Å². The summed E-state index contributed by atoms with van der Waals surface area (Å²) in [4.78, 5) is 0. The Bertz CT molecular complexity index is 636. The van der Waals surface area contributed by atoms with Crippen molar-refractivity contribution in [2.45, 2.75) is 0 Å². The number of ether oxygens (including phenoxy) is 1. The van der Waals surface area contributed by atoms with Crippen LogP contribution in [-0.4, -0.2) is 12.2 Å². The Morgan fingerprint density at radius 2 is 1.95 bits per heavy atom. The van der Waals surface area contributed by atoms with Gasteiger partial charge in [0.2, 0.25) is 0 Å². The van der Waals surface area contributed by atoms with Gasteiger partial charge >= 0.3 is 0 Å². The van der Waals surface area contributed by atoms with Crippen molar-refractivity contribution in [3.8, 4) is 5.75 Å². The van der Waals surface area contributed by atoms with Gasteiger partial charge < -0.3 is 15.4 Å². The van der Waals surface area contributed by atoms with E-state index in [1.54, 1.807) is 19.2 Å². The minimum absolute atomic E-state index is 0.484. The van der Waals surface area contributed by atoms with Crippen molar-refractivity contribution >= 4 is 56.2 Å². The van der Waals surface area contributed by atoms with Crippen LogP contribution in [-0.2, 0) is 0 Å². The van der Waals surface area contributed by atoms with E-state index >= 15 is 0 Å². The predicted molar refractivity (Wildman–Crippen MR) is 92.0 cm³/mol. The maximum absolute atomic E-state index is 6.06. The van der Waals surface area contributed by atoms with Crippen LogP contribution in [0.1, 0.15) is 0 Å². The molecule has 2 aromatic rings. The number of methoxy groups -OCH3 is 1. The van der Waals surface area contributed by atoms with Crippen molar-refractivity contribution in [1.82, 2.24) is 0 Å². The first-order valence-corrected chi connectivity index (χ1v) is 7.34. The number of thiocarbonyl (C=S) groups is 1. The topological polar surface area (TPSA) is 33.3 Å². The van der Waals surface area contributed by atoms with Crippen molar-refractivity contribution in [2.75, 3.05) is 17.7 Å². The molecule has 0 saturated carbocycles. The van der Waals surface area contributed by atoms with Gasteiger partial charge in [0.25, 0.3) is 0 Å². The maximum Gasteiger partial charge on any atom is 0.175 e. The first kappa shape index (κ1) is 15.1. The largest absolute Gasteiger partial charge is 0.495 e. The zero-order chi connectivity index (χ0) is 14.5. The van der Waals surface area contributed by atoms with Crippen molar-refractivity contribution in [3.05, 3.63) is 52.0 Å². The number of hydrogen-bond donors (Lipinski definition) is 2. The molecule has 0 radical (unpaired) electrons. The van der Waals surface area contributed by atoms with Gasteiger partial charge in [-0.05, 0) is 58.5 Å². The van der Waals surface area contributed by atoms with Crippen molar-refractivity contribution in [3.63, 3.8) is 0 Å². The Hall–Kier alpha value is -1.30. The highest BCUT2D eigenvalue weighted by Crippen LogP contribution is 2.27. The molecule has 0 fully saturated rings. The third kappa shape index (κ3) is 3.85. The Balaban J connectivity index is 2.05. The van der Waals surface area contributed by atoms with Crippen LogP contribution in [0.25, 0.3) is 0 Å². The molecule has 2 N–H and O–H groups in total. The monoisotopic (exact) mass is 370 g/mol. The van der Waals surface area contributed by atoms with Crippen LogP contribution in [0.2, 0.25) is 5.02 Å². The fourth-order valence-corrected chi connectivity index (χ4v) is 2.46. The van der Waals surface area contributed by atoms with Crippen molar-refractivity contribution in [1.29, 1.82) is 0 Å². The van der Waals surface area contributed by atoms with Crippen LogP contribution in [0.5, 0.6) is 5.75 Å². The first-order chi connectivity index (χ1) is 9.60. The van der Waals surface area contributed by atoms with Crippen LogP contribution in [0, 0.1) is 0 Å². The van der Waals surface area contributed by atoms with E-state index in [0.717, 1.165) is 15.8 Å². The lowest BCUT2D eigenvalue weighted by atomic mass is 10.3. The summed E-state index contributed by atoms with van der Waals surface area (Å²) < 4.78 is 6.04. The normalized spacial score (nSPS) is 9.95. The first-order valence-electron chi connectivity index (χ1n) is 5.76. The smallest absolute Gasteiger partial charge is 0.175 e. The van der Waals surface area contributed by atoms with Crippen LogP contribution in [0.4, 0.5) is 11.4 Å². The molecule has 20 heavy (non-hydrogen) atoms. The Morgan fingerprint density at radius 3 is 2.60 bits per heavy atom. The zero-order valence-electron chi connectivity index (χ0n) is 10.6. The summed E-state index contributed by atoms with van der Waals surface area (Å²) in [7, 11) is 1.58. The summed E-state index contributed by atoms with van der Waals surface area (Å²) in [6.07, 6.45) is 0. The molecular weight excluding hydrogens is 360 g/mol. The van der Waals surface area contributed by atoms with Gasteiger partial charge in [0.05, 0.1) is 17.8 Å². The second-order valence-corrected chi connectivity index (χ2v) is 5.58. The molecule has 0 saturated heterocycles. The Labute approximate surface area is 136 Å². The molecule has 0 unspecified atom stereocenters. The molecule has 0 aliphatic rings. The molecule has 0 amide bonds. The van der Waals surface area contributed by atoms with E-state index in [0.29, 0.717) is 15.9 Å². The molecule has 0 aliphatic heterocycles. The van der Waals surface area contributed by atoms with E-state index in [2.05, 4.69) is 26.6 Å². The standard InChI is InChI=1S/C14H12BrClN2OS/c1-19-13-7-6-9(8-11(13)16)17-14(20)18-12-5-3-2-4-10(12)15/h2-8H,1H3,(H2,17,18,20). The molecule has 0 aliphatic carbocycles. The molecule has 6 heteroatoms. The van der Waals surface area contributed by atoms with Crippen LogP contribution in [0.3, 0.4) is 0 Å². The van der Waals surface area contributed by atoms with Gasteiger partial charge in [-0.1, -0.05) is 23.7 Å². The minimum atomic E-state index is 0.484. The van der Waals surface area contributed by atoms with E-state index in [4.69, 9.17) is 28.6 Å². The average Bonchev–Trinajstić information content (AvgIpc) is 2.41. The quantitative estimate of drug-likeness (QED) is 0.750. The third-order valence-corrected chi connectivity index (χ3v) is 3.72. The highest BCUT2D eigenvalue weighted by molar-refractivity contribution is 9.10. The van der Waals surface area contributed by atoms with Gasteiger partial charge in [-0.15, -0.1) is 0 Å². The number of rotatable bonds is 3. The summed E-state index contributed by atoms with van der Waals surface area (Å²) in [5, 5.41) is 7.19. The Kier molecular flexibility index (Phi) is 5.23. The van der Waals surface area contributed by atoms with Crippen molar-refractivity contribution in [2.24, 2.45) is 0 Å². The van der Waals surface area contributed by atoms with E-state index < -0.39 is 0 Å². The second-order valence-electron chi connectivity index (χ2n) is 3.91. The fraction of sp³-hybridized carbons (Fsp3) is 0.0714. The number of hydrogen-bond acceptors (Lipinski definition) is 2. The third-order valence-electron chi connectivity index (χ3n) is 2.53. The van der Waals surface area contributed by atoms with Gasteiger partial charge in [-0.25, -0.2) is 0 Å². The summed E-state index contributed by atoms with van der Waals surface area (Å²) in [6.45, 7) is 0. The zero-order valence-corrected chi connectivity index (χ0v) is 13.8.